The first-order valence-corrected chi connectivity index (χ1v) is 21.8. The van der Waals surface area contributed by atoms with Crippen molar-refractivity contribution in [2.24, 2.45) is 0 Å². The fourth-order valence-corrected chi connectivity index (χ4v) is 7.10. The first-order valence-electron chi connectivity index (χ1n) is 21.8. The zero-order chi connectivity index (χ0) is 37.2. The molecule has 0 amide bonds. The number of carbonyl (C=O) groups excluding carboxylic acids is 2. The van der Waals surface area contributed by atoms with Crippen molar-refractivity contribution in [3.05, 3.63) is 0 Å². The molecule has 1 heterocycles. The van der Waals surface area contributed by atoms with Gasteiger partial charge in [0.05, 0.1) is 0 Å². The Morgan fingerprint density at radius 2 is 0.824 bits per heavy atom. The van der Waals surface area contributed by atoms with Gasteiger partial charge in [0.2, 0.25) is 0 Å². The standard InChI is InChI=1S/C43H82O8/c1-4-6-8-10-12-14-16-18-20-22-24-26-28-30-32-34-38(44)49-36-37-40(46)41(47)42(43(48-3)50-37)51-39(45)35-33-31-29-27-25-23-21-19-17-15-13-11-9-7-5-2/h37,40-43,46-47H,4-36H2,1-3H3/t37?,40-,41+,42?,43-/m1/s1. The minimum atomic E-state index is -1.41. The maximum atomic E-state index is 12.5. The smallest absolute Gasteiger partial charge is 0.306 e. The van der Waals surface area contributed by atoms with Gasteiger partial charge in [-0.3, -0.25) is 9.59 Å². The van der Waals surface area contributed by atoms with Crippen LogP contribution >= 0.6 is 0 Å². The van der Waals surface area contributed by atoms with Crippen molar-refractivity contribution >= 4 is 11.9 Å². The van der Waals surface area contributed by atoms with Crippen LogP contribution in [0.25, 0.3) is 0 Å². The number of aliphatic hydroxyl groups excluding tert-OH is 2. The summed E-state index contributed by atoms with van der Waals surface area (Å²) in [4.78, 5) is 24.9. The molecule has 8 nitrogen and oxygen atoms in total. The molecule has 1 fully saturated rings. The van der Waals surface area contributed by atoms with Crippen LogP contribution in [0.15, 0.2) is 0 Å². The van der Waals surface area contributed by atoms with Gasteiger partial charge in [-0.05, 0) is 12.8 Å². The number of methoxy groups -OCH3 is 1. The van der Waals surface area contributed by atoms with Gasteiger partial charge < -0.3 is 29.2 Å². The maximum absolute atomic E-state index is 12.5. The van der Waals surface area contributed by atoms with Crippen LogP contribution < -0.4 is 0 Å². The first-order chi connectivity index (χ1) is 24.9. The molecule has 51 heavy (non-hydrogen) atoms. The maximum Gasteiger partial charge on any atom is 0.306 e. The largest absolute Gasteiger partial charge is 0.463 e. The summed E-state index contributed by atoms with van der Waals surface area (Å²) in [5, 5.41) is 21.4. The number of rotatable bonds is 36. The third-order valence-corrected chi connectivity index (χ3v) is 10.5. The van der Waals surface area contributed by atoms with Crippen molar-refractivity contribution in [1.29, 1.82) is 0 Å². The van der Waals surface area contributed by atoms with Crippen LogP contribution in [-0.2, 0) is 28.5 Å². The third kappa shape index (κ3) is 26.2. The van der Waals surface area contributed by atoms with E-state index in [1.54, 1.807) is 0 Å². The molecule has 1 aliphatic heterocycles. The molecule has 2 unspecified atom stereocenters. The molecule has 0 saturated carbocycles. The molecule has 1 aliphatic rings. The van der Waals surface area contributed by atoms with Gasteiger partial charge in [-0.1, -0.05) is 194 Å². The Balaban J connectivity index is 2.07. The quantitative estimate of drug-likeness (QED) is 0.0485. The molecule has 0 aromatic rings. The Hall–Kier alpha value is -1.22. The van der Waals surface area contributed by atoms with Gasteiger partial charge in [-0.15, -0.1) is 0 Å². The molecular weight excluding hydrogens is 644 g/mol. The Kier molecular flexibility index (Phi) is 32.4. The molecule has 0 spiro atoms. The van der Waals surface area contributed by atoms with Crippen LogP contribution in [0.3, 0.4) is 0 Å². The fraction of sp³-hybridized carbons (Fsp3) is 0.953. The molecule has 302 valence electrons. The summed E-state index contributed by atoms with van der Waals surface area (Å²) in [6.07, 6.45) is 32.3. The highest BCUT2D eigenvalue weighted by Gasteiger charge is 2.47. The molecule has 0 bridgehead atoms. The number of carbonyl (C=O) groups is 2. The summed E-state index contributed by atoms with van der Waals surface area (Å²) in [5.74, 6) is -0.791. The minimum Gasteiger partial charge on any atom is -0.463 e. The second-order valence-electron chi connectivity index (χ2n) is 15.3. The van der Waals surface area contributed by atoms with E-state index in [0.717, 1.165) is 38.5 Å². The Morgan fingerprint density at radius 3 is 1.18 bits per heavy atom. The monoisotopic (exact) mass is 727 g/mol. The zero-order valence-corrected chi connectivity index (χ0v) is 33.6. The lowest BCUT2D eigenvalue weighted by Gasteiger charge is -2.41. The third-order valence-electron chi connectivity index (χ3n) is 10.5. The summed E-state index contributed by atoms with van der Waals surface area (Å²) in [5.41, 5.74) is 0. The van der Waals surface area contributed by atoms with Crippen molar-refractivity contribution in [2.75, 3.05) is 13.7 Å². The number of hydrogen-bond donors (Lipinski definition) is 2. The van der Waals surface area contributed by atoms with Crippen LogP contribution in [0.5, 0.6) is 0 Å². The van der Waals surface area contributed by atoms with Crippen molar-refractivity contribution in [2.45, 2.75) is 250 Å². The van der Waals surface area contributed by atoms with Crippen LogP contribution in [0, 0.1) is 0 Å². The molecule has 0 aromatic heterocycles. The zero-order valence-electron chi connectivity index (χ0n) is 33.6. The van der Waals surface area contributed by atoms with Gasteiger partial charge in [0.1, 0.15) is 24.9 Å². The average Bonchev–Trinajstić information content (AvgIpc) is 3.13. The lowest BCUT2D eigenvalue weighted by atomic mass is 9.99. The molecular formula is C43H82O8. The topological polar surface area (TPSA) is 112 Å². The number of hydrogen-bond acceptors (Lipinski definition) is 8. The van der Waals surface area contributed by atoms with Gasteiger partial charge in [0, 0.05) is 20.0 Å². The van der Waals surface area contributed by atoms with Crippen molar-refractivity contribution in [3.8, 4) is 0 Å². The molecule has 8 heteroatoms. The molecule has 2 N–H and O–H groups in total. The summed E-state index contributed by atoms with van der Waals surface area (Å²) in [7, 11) is 1.39. The number of esters is 2. The Labute approximate surface area is 313 Å². The van der Waals surface area contributed by atoms with Gasteiger partial charge in [-0.2, -0.15) is 0 Å². The summed E-state index contributed by atoms with van der Waals surface area (Å²) in [6.45, 7) is 4.33. The SMILES string of the molecule is CCCCCCCCCCCCCCCCCC(=O)OCC1O[C@@H](OC)C(OC(=O)CCCCCCCCCCCCCCCCC)[C@@H](O)[C@@H]1O. The van der Waals surface area contributed by atoms with Gasteiger partial charge in [0.25, 0.3) is 0 Å². The van der Waals surface area contributed by atoms with Crippen LogP contribution in [0.1, 0.15) is 219 Å². The molecule has 1 rings (SSSR count). The highest BCUT2D eigenvalue weighted by molar-refractivity contribution is 5.69. The lowest BCUT2D eigenvalue weighted by molar-refractivity contribution is -0.298. The predicted molar refractivity (Wildman–Crippen MR) is 208 cm³/mol. The van der Waals surface area contributed by atoms with Crippen LogP contribution in [0.2, 0.25) is 0 Å². The number of aliphatic hydroxyl groups is 2. The molecule has 1 saturated heterocycles. The highest BCUT2D eigenvalue weighted by Crippen LogP contribution is 2.26. The Morgan fingerprint density at radius 1 is 0.490 bits per heavy atom. The molecule has 0 aliphatic carbocycles. The van der Waals surface area contributed by atoms with Crippen molar-refractivity contribution in [3.63, 3.8) is 0 Å². The number of ether oxygens (including phenoxy) is 4. The van der Waals surface area contributed by atoms with E-state index in [4.69, 9.17) is 18.9 Å². The van der Waals surface area contributed by atoms with Crippen LogP contribution in [0.4, 0.5) is 0 Å². The van der Waals surface area contributed by atoms with Gasteiger partial charge in [-0.25, -0.2) is 0 Å². The Bertz CT molecular complexity index is 788. The highest BCUT2D eigenvalue weighted by atomic mass is 16.7. The predicted octanol–water partition coefficient (Wildman–Crippen LogP) is 11.1. The van der Waals surface area contributed by atoms with E-state index in [1.165, 1.54) is 161 Å². The van der Waals surface area contributed by atoms with E-state index >= 15 is 0 Å². The molecule has 5 atom stereocenters. The second kappa shape index (κ2) is 34.5. The first kappa shape index (κ1) is 47.8. The molecule has 0 radical (unpaired) electrons. The summed E-state index contributed by atoms with van der Waals surface area (Å²) in [6, 6.07) is 0. The second-order valence-corrected chi connectivity index (χ2v) is 15.3. The van der Waals surface area contributed by atoms with Gasteiger partial charge >= 0.3 is 11.9 Å². The van der Waals surface area contributed by atoms with Crippen LogP contribution in [-0.4, -0.2) is 66.6 Å². The average molecular weight is 727 g/mol. The summed E-state index contributed by atoms with van der Waals surface area (Å²) < 4.78 is 22.0. The lowest BCUT2D eigenvalue weighted by Crippen LogP contribution is -2.60. The van der Waals surface area contributed by atoms with E-state index in [-0.39, 0.29) is 19.0 Å². The van der Waals surface area contributed by atoms with Gasteiger partial charge in [0.15, 0.2) is 12.4 Å². The van der Waals surface area contributed by atoms with Crippen molar-refractivity contribution in [1.82, 2.24) is 0 Å². The van der Waals surface area contributed by atoms with Crippen molar-refractivity contribution < 1.29 is 38.7 Å². The summed E-state index contributed by atoms with van der Waals surface area (Å²) >= 11 is 0. The van der Waals surface area contributed by atoms with E-state index < -0.39 is 36.7 Å². The normalized spacial score (nSPS) is 20.5. The van der Waals surface area contributed by atoms with E-state index in [0.29, 0.717) is 6.42 Å². The van der Waals surface area contributed by atoms with E-state index in [2.05, 4.69) is 13.8 Å². The number of unbranched alkanes of at least 4 members (excludes halogenated alkanes) is 28. The van der Waals surface area contributed by atoms with E-state index in [1.807, 2.05) is 0 Å². The minimum absolute atomic E-state index is 0.199. The van der Waals surface area contributed by atoms with E-state index in [9.17, 15) is 19.8 Å². The molecule has 0 aromatic carbocycles. The fourth-order valence-electron chi connectivity index (χ4n) is 7.10.